The number of hydrogen-bond donors (Lipinski definition) is 2. The highest BCUT2D eigenvalue weighted by molar-refractivity contribution is 6.35. The molecule has 0 unspecified atom stereocenters. The molecule has 3 aliphatic rings. The molecular weight excluding hydrogens is 557 g/mol. The molecule has 2 aromatic rings. The number of benzene rings is 1. The van der Waals surface area contributed by atoms with Crippen molar-refractivity contribution in [1.82, 2.24) is 14.9 Å². The van der Waals surface area contributed by atoms with Crippen LogP contribution in [-0.2, 0) is 4.79 Å². The van der Waals surface area contributed by atoms with Crippen LogP contribution in [0.5, 0.6) is 0 Å². The first-order valence-electron chi connectivity index (χ1n) is 14.0. The molecule has 0 radical (unpaired) electrons. The Kier molecular flexibility index (Phi) is 8.54. The first-order valence-corrected chi connectivity index (χ1v) is 15.2. The number of anilines is 2. The van der Waals surface area contributed by atoms with Gasteiger partial charge in [0.2, 0.25) is 5.95 Å². The second-order valence-corrected chi connectivity index (χ2v) is 13.2. The molecule has 10 heteroatoms. The van der Waals surface area contributed by atoms with Gasteiger partial charge in [-0.2, -0.15) is 4.98 Å². The second kappa shape index (κ2) is 11.6. The molecule has 1 aromatic heterocycles. The van der Waals surface area contributed by atoms with Gasteiger partial charge in [0, 0.05) is 29.2 Å². The number of rotatable bonds is 7. The number of piperidine rings is 2. The fourth-order valence-corrected chi connectivity index (χ4v) is 7.37. The van der Waals surface area contributed by atoms with Gasteiger partial charge < -0.3 is 20.2 Å². The Morgan fingerprint density at radius 2 is 1.82 bits per heavy atom. The highest BCUT2D eigenvalue weighted by atomic mass is 35.5. The van der Waals surface area contributed by atoms with Gasteiger partial charge in [-0.25, -0.2) is 4.98 Å². The van der Waals surface area contributed by atoms with Crippen molar-refractivity contribution in [2.45, 2.75) is 71.4 Å². The van der Waals surface area contributed by atoms with E-state index in [1.165, 1.54) is 19.3 Å². The zero-order valence-corrected chi connectivity index (χ0v) is 25.2. The number of carboxylic acid groups (broad SMARTS) is 1. The second-order valence-electron chi connectivity index (χ2n) is 12.0. The van der Waals surface area contributed by atoms with Gasteiger partial charge in [0.25, 0.3) is 0 Å². The van der Waals surface area contributed by atoms with E-state index in [1.54, 1.807) is 6.07 Å². The number of aromatic nitrogens is 2. The largest absolute Gasteiger partial charge is 0.481 e. The van der Waals surface area contributed by atoms with Crippen molar-refractivity contribution in [2.24, 2.45) is 17.3 Å². The number of aliphatic carboxylic acids is 1. The quantitative estimate of drug-likeness (QED) is 0.354. The number of aryl methyl sites for hydroxylation is 1. The van der Waals surface area contributed by atoms with E-state index in [4.69, 9.17) is 44.8 Å². The minimum Gasteiger partial charge on any atom is -0.481 e. The smallest absolute Gasteiger partial charge is 0.309 e. The summed E-state index contributed by atoms with van der Waals surface area (Å²) in [5.74, 6) is 1.96. The Labute approximate surface area is 246 Å². The molecule has 0 amide bonds. The van der Waals surface area contributed by atoms with E-state index >= 15 is 0 Å². The van der Waals surface area contributed by atoms with Crippen molar-refractivity contribution < 1.29 is 9.90 Å². The van der Waals surface area contributed by atoms with Crippen LogP contribution in [0.1, 0.15) is 69.7 Å². The average Bonchev–Trinajstić information content (AvgIpc) is 2.89. The third-order valence-corrected chi connectivity index (χ3v) is 10.2. The molecule has 1 aromatic carbocycles. The van der Waals surface area contributed by atoms with Crippen LogP contribution in [0.2, 0.25) is 15.1 Å². The Balaban J connectivity index is 1.21. The summed E-state index contributed by atoms with van der Waals surface area (Å²) in [6, 6.07) is 5.80. The van der Waals surface area contributed by atoms with Crippen LogP contribution in [0.3, 0.4) is 0 Å². The molecular formula is C29H38Cl3N5O2. The zero-order chi connectivity index (χ0) is 27.9. The van der Waals surface area contributed by atoms with E-state index in [2.05, 4.69) is 15.1 Å². The van der Waals surface area contributed by atoms with E-state index in [-0.39, 0.29) is 6.04 Å². The topological polar surface area (TPSA) is 81.6 Å². The highest BCUT2D eigenvalue weighted by Gasteiger charge is 2.49. The van der Waals surface area contributed by atoms with Gasteiger partial charge in [-0.1, -0.05) is 40.9 Å². The van der Waals surface area contributed by atoms with Crippen molar-refractivity contribution in [3.8, 4) is 0 Å². The summed E-state index contributed by atoms with van der Waals surface area (Å²) < 4.78 is 0. The van der Waals surface area contributed by atoms with Gasteiger partial charge >= 0.3 is 5.97 Å². The monoisotopic (exact) mass is 593 g/mol. The van der Waals surface area contributed by atoms with Crippen molar-refractivity contribution in [1.29, 1.82) is 0 Å². The summed E-state index contributed by atoms with van der Waals surface area (Å²) >= 11 is 19.2. The molecule has 5 rings (SSSR count). The molecule has 2 atom stereocenters. The van der Waals surface area contributed by atoms with Crippen LogP contribution >= 0.6 is 34.8 Å². The van der Waals surface area contributed by atoms with Gasteiger partial charge in [0.05, 0.1) is 17.2 Å². The molecule has 1 aliphatic carbocycles. The summed E-state index contributed by atoms with van der Waals surface area (Å²) in [6.45, 7) is 9.84. The summed E-state index contributed by atoms with van der Waals surface area (Å²) in [5.41, 5.74) is 1.14. The number of hydrogen-bond acceptors (Lipinski definition) is 6. The van der Waals surface area contributed by atoms with Crippen molar-refractivity contribution in [3.63, 3.8) is 0 Å². The normalized spacial score (nSPS) is 27.2. The number of nitrogens with one attached hydrogen (secondary N) is 1. The van der Waals surface area contributed by atoms with E-state index in [0.717, 1.165) is 62.6 Å². The SMILES string of the molecule is Cc1nc(N2CCC[C@@H](C3CCN(C4CC(C)(C(=O)O)C4)CC3)C2)nc(N[C@H](C)c2ccc(Cl)cc2Cl)c1Cl. The predicted octanol–water partition coefficient (Wildman–Crippen LogP) is 7.10. The minimum atomic E-state index is -0.655. The Bertz CT molecular complexity index is 1210. The molecule has 2 N–H and O–H groups in total. The molecule has 3 fully saturated rings. The standard InChI is InChI=1S/C29H38Cl3N5O2/c1-17(23-7-6-21(30)13-24(23)31)33-26-25(32)18(2)34-28(35-26)37-10-4-5-20(16-37)19-8-11-36(12-9-19)22-14-29(3,15-22)27(38)39/h6-7,13,17,19-20,22H,4-5,8-12,14-16H2,1-3H3,(H,38,39)(H,33,34,35)/t17-,20-,22?,29?/m1/s1. The third kappa shape index (κ3) is 6.12. The van der Waals surface area contributed by atoms with Crippen molar-refractivity contribution in [2.75, 3.05) is 36.4 Å². The lowest BCUT2D eigenvalue weighted by molar-refractivity contribution is -0.158. The molecule has 0 spiro atoms. The van der Waals surface area contributed by atoms with Gasteiger partial charge in [-0.3, -0.25) is 4.79 Å². The molecule has 212 valence electrons. The molecule has 2 saturated heterocycles. The summed E-state index contributed by atoms with van der Waals surface area (Å²) in [4.78, 5) is 26.0. The Hall–Kier alpha value is -1.80. The van der Waals surface area contributed by atoms with E-state index in [9.17, 15) is 9.90 Å². The summed E-state index contributed by atoms with van der Waals surface area (Å²) in [7, 11) is 0. The average molecular weight is 595 g/mol. The number of halogens is 3. The third-order valence-electron chi connectivity index (χ3n) is 9.17. The van der Waals surface area contributed by atoms with E-state index in [0.29, 0.717) is 38.8 Å². The first-order chi connectivity index (χ1) is 18.5. The molecule has 0 bridgehead atoms. The Morgan fingerprint density at radius 1 is 1.10 bits per heavy atom. The van der Waals surface area contributed by atoms with Crippen LogP contribution in [0.15, 0.2) is 18.2 Å². The van der Waals surface area contributed by atoms with Crippen LogP contribution in [0.25, 0.3) is 0 Å². The van der Waals surface area contributed by atoms with Gasteiger partial charge in [-0.05, 0) is 102 Å². The van der Waals surface area contributed by atoms with Crippen LogP contribution in [-0.4, -0.2) is 58.2 Å². The lowest BCUT2D eigenvalue weighted by atomic mass is 9.65. The molecule has 1 saturated carbocycles. The lowest BCUT2D eigenvalue weighted by Gasteiger charge is -2.50. The van der Waals surface area contributed by atoms with Gasteiger partial charge in [0.1, 0.15) is 5.02 Å². The fourth-order valence-electron chi connectivity index (χ4n) is 6.66. The molecule has 2 aliphatic heterocycles. The maximum Gasteiger partial charge on any atom is 0.309 e. The fraction of sp³-hybridized carbons (Fsp3) is 0.621. The van der Waals surface area contributed by atoms with Gasteiger partial charge in [0.15, 0.2) is 5.82 Å². The number of likely N-dealkylation sites (tertiary alicyclic amines) is 1. The van der Waals surface area contributed by atoms with Gasteiger partial charge in [-0.15, -0.1) is 0 Å². The number of nitrogens with zero attached hydrogens (tertiary/aromatic N) is 4. The van der Waals surface area contributed by atoms with Crippen LogP contribution in [0, 0.1) is 24.2 Å². The van der Waals surface area contributed by atoms with E-state index in [1.807, 2.05) is 32.9 Å². The van der Waals surface area contributed by atoms with E-state index < -0.39 is 11.4 Å². The van der Waals surface area contributed by atoms with Crippen LogP contribution in [0.4, 0.5) is 11.8 Å². The molecule has 7 nitrogen and oxygen atoms in total. The minimum absolute atomic E-state index is 0.113. The molecule has 39 heavy (non-hydrogen) atoms. The summed E-state index contributed by atoms with van der Waals surface area (Å²) in [5, 5.41) is 14.6. The zero-order valence-electron chi connectivity index (χ0n) is 22.9. The predicted molar refractivity (Wildman–Crippen MR) is 158 cm³/mol. The maximum absolute atomic E-state index is 11.5. The number of carboxylic acids is 1. The Morgan fingerprint density at radius 3 is 2.49 bits per heavy atom. The van der Waals surface area contributed by atoms with Crippen LogP contribution < -0.4 is 10.2 Å². The number of carbonyl (C=O) groups is 1. The summed E-state index contributed by atoms with van der Waals surface area (Å²) in [6.07, 6.45) is 6.24. The van der Waals surface area contributed by atoms with Crippen molar-refractivity contribution >= 4 is 52.5 Å². The first kappa shape index (κ1) is 28.7. The lowest BCUT2D eigenvalue weighted by Crippen LogP contribution is -2.55. The highest BCUT2D eigenvalue weighted by Crippen LogP contribution is 2.45. The molecule has 3 heterocycles. The maximum atomic E-state index is 11.5. The van der Waals surface area contributed by atoms with Crippen molar-refractivity contribution in [3.05, 3.63) is 44.5 Å².